The SMILES string of the molecule is Brc1ccc2c3c4c5ccccc5n(-c5ccccc5)c4ccc3n(-c3ccccc3)c2c1. The van der Waals surface area contributed by atoms with Crippen LogP contribution in [0.5, 0.6) is 0 Å². The number of para-hydroxylation sites is 3. The van der Waals surface area contributed by atoms with Gasteiger partial charge in [0.1, 0.15) is 0 Å². The predicted octanol–water partition coefficient (Wildman–Crippen LogP) is 8.64. The van der Waals surface area contributed by atoms with Crippen LogP contribution in [0.1, 0.15) is 0 Å². The Hall–Kier alpha value is -3.82. The van der Waals surface area contributed by atoms with Gasteiger partial charge in [0.2, 0.25) is 0 Å². The van der Waals surface area contributed by atoms with E-state index in [2.05, 4.69) is 140 Å². The van der Waals surface area contributed by atoms with Crippen molar-refractivity contribution in [1.82, 2.24) is 9.13 Å². The maximum atomic E-state index is 3.70. The third-order valence-corrected chi connectivity index (χ3v) is 7.05. The fourth-order valence-corrected chi connectivity index (χ4v) is 5.60. The van der Waals surface area contributed by atoms with Crippen LogP contribution >= 0.6 is 15.9 Å². The molecule has 0 unspecified atom stereocenters. The lowest BCUT2D eigenvalue weighted by Crippen LogP contribution is -1.94. The van der Waals surface area contributed by atoms with Gasteiger partial charge in [-0.3, -0.25) is 0 Å². The van der Waals surface area contributed by atoms with Crippen molar-refractivity contribution >= 4 is 59.5 Å². The molecule has 0 aliphatic heterocycles. The topological polar surface area (TPSA) is 9.86 Å². The third kappa shape index (κ3) is 2.66. The molecular formula is C30H19BrN2. The van der Waals surface area contributed by atoms with Crippen molar-refractivity contribution in [3.63, 3.8) is 0 Å². The fraction of sp³-hybridized carbons (Fsp3) is 0. The second-order valence-corrected chi connectivity index (χ2v) is 9.29. The Morgan fingerprint density at radius 3 is 1.58 bits per heavy atom. The lowest BCUT2D eigenvalue weighted by molar-refractivity contribution is 1.17. The number of halogens is 1. The van der Waals surface area contributed by atoms with Crippen LogP contribution in [0.2, 0.25) is 0 Å². The standard InChI is InChI=1S/C30H19BrN2/c31-20-15-16-24-28(19-20)33(22-11-5-2-6-12-22)27-18-17-26-29(30(24)27)23-13-7-8-14-25(23)32(26)21-9-3-1-4-10-21/h1-19H. The predicted molar refractivity (Wildman–Crippen MR) is 143 cm³/mol. The van der Waals surface area contributed by atoms with Gasteiger partial charge in [0.05, 0.1) is 22.1 Å². The molecule has 2 nitrogen and oxygen atoms in total. The molecule has 0 aliphatic carbocycles. The van der Waals surface area contributed by atoms with Gasteiger partial charge in [-0.05, 0) is 54.6 Å². The molecule has 0 aliphatic rings. The zero-order valence-corrected chi connectivity index (χ0v) is 19.3. The van der Waals surface area contributed by atoms with E-state index < -0.39 is 0 Å². The van der Waals surface area contributed by atoms with Gasteiger partial charge in [0.15, 0.2) is 0 Å². The van der Waals surface area contributed by atoms with E-state index in [4.69, 9.17) is 0 Å². The lowest BCUT2D eigenvalue weighted by atomic mass is 10.1. The summed E-state index contributed by atoms with van der Waals surface area (Å²) < 4.78 is 5.84. The molecule has 7 rings (SSSR count). The summed E-state index contributed by atoms with van der Waals surface area (Å²) in [6, 6.07) is 41.2. The molecule has 156 valence electrons. The second-order valence-electron chi connectivity index (χ2n) is 8.37. The highest BCUT2D eigenvalue weighted by Gasteiger charge is 2.20. The molecule has 0 fully saturated rings. The van der Waals surface area contributed by atoms with E-state index in [0.717, 1.165) is 4.47 Å². The van der Waals surface area contributed by atoms with Crippen LogP contribution in [-0.4, -0.2) is 9.13 Å². The van der Waals surface area contributed by atoms with E-state index in [1.807, 2.05) is 0 Å². The molecule has 0 atom stereocenters. The highest BCUT2D eigenvalue weighted by molar-refractivity contribution is 9.10. The van der Waals surface area contributed by atoms with E-state index in [1.54, 1.807) is 0 Å². The van der Waals surface area contributed by atoms with Crippen LogP contribution in [-0.2, 0) is 0 Å². The van der Waals surface area contributed by atoms with Gasteiger partial charge in [-0.1, -0.05) is 76.6 Å². The van der Waals surface area contributed by atoms with Crippen LogP contribution in [0, 0.1) is 0 Å². The van der Waals surface area contributed by atoms with Crippen molar-refractivity contribution in [3.05, 3.63) is 120 Å². The second kappa shape index (κ2) is 7.09. The number of nitrogens with zero attached hydrogens (tertiary/aromatic N) is 2. The molecule has 0 radical (unpaired) electrons. The number of hydrogen-bond acceptors (Lipinski definition) is 0. The van der Waals surface area contributed by atoms with E-state index in [9.17, 15) is 0 Å². The van der Waals surface area contributed by atoms with Crippen molar-refractivity contribution in [1.29, 1.82) is 0 Å². The summed E-state index contributed by atoms with van der Waals surface area (Å²) in [5.41, 5.74) is 7.22. The quantitative estimate of drug-likeness (QED) is 0.231. The molecule has 0 saturated carbocycles. The summed E-state index contributed by atoms with van der Waals surface area (Å²) >= 11 is 3.70. The molecule has 7 aromatic rings. The minimum Gasteiger partial charge on any atom is -0.309 e. The van der Waals surface area contributed by atoms with Crippen LogP contribution in [0.25, 0.3) is 55.0 Å². The van der Waals surface area contributed by atoms with E-state index in [-0.39, 0.29) is 0 Å². The summed E-state index contributed by atoms with van der Waals surface area (Å²) in [6.45, 7) is 0. The molecule has 2 heterocycles. The summed E-state index contributed by atoms with van der Waals surface area (Å²) in [5.74, 6) is 0. The molecule has 33 heavy (non-hydrogen) atoms. The molecule has 0 amide bonds. The van der Waals surface area contributed by atoms with Crippen LogP contribution < -0.4 is 0 Å². The van der Waals surface area contributed by atoms with Crippen molar-refractivity contribution in [2.75, 3.05) is 0 Å². The van der Waals surface area contributed by atoms with Gasteiger partial charge in [0.25, 0.3) is 0 Å². The smallest absolute Gasteiger partial charge is 0.0552 e. The highest BCUT2D eigenvalue weighted by Crippen LogP contribution is 2.42. The average molecular weight is 487 g/mol. The van der Waals surface area contributed by atoms with Gasteiger partial charge in [-0.15, -0.1) is 0 Å². The zero-order chi connectivity index (χ0) is 21.9. The summed E-state index contributed by atoms with van der Waals surface area (Å²) in [4.78, 5) is 0. The van der Waals surface area contributed by atoms with Crippen LogP contribution in [0.3, 0.4) is 0 Å². The number of hydrogen-bond donors (Lipinski definition) is 0. The first-order valence-corrected chi connectivity index (χ1v) is 11.9. The third-order valence-electron chi connectivity index (χ3n) is 6.56. The molecular weight excluding hydrogens is 468 g/mol. The van der Waals surface area contributed by atoms with Gasteiger partial charge in [-0.25, -0.2) is 0 Å². The van der Waals surface area contributed by atoms with Crippen molar-refractivity contribution < 1.29 is 0 Å². The molecule has 0 spiro atoms. The van der Waals surface area contributed by atoms with Gasteiger partial charge in [0, 0.05) is 37.4 Å². The summed E-state index contributed by atoms with van der Waals surface area (Å²) in [6.07, 6.45) is 0. The minimum atomic E-state index is 1.08. The Morgan fingerprint density at radius 1 is 0.424 bits per heavy atom. The van der Waals surface area contributed by atoms with Crippen LogP contribution in [0.15, 0.2) is 120 Å². The van der Waals surface area contributed by atoms with E-state index >= 15 is 0 Å². The van der Waals surface area contributed by atoms with Crippen molar-refractivity contribution in [2.24, 2.45) is 0 Å². The Morgan fingerprint density at radius 2 is 0.939 bits per heavy atom. The van der Waals surface area contributed by atoms with Gasteiger partial charge < -0.3 is 9.13 Å². The highest BCUT2D eigenvalue weighted by atomic mass is 79.9. The first-order chi connectivity index (χ1) is 16.3. The molecule has 3 heteroatoms. The Kier molecular flexibility index (Phi) is 4.02. The van der Waals surface area contributed by atoms with Crippen molar-refractivity contribution in [2.45, 2.75) is 0 Å². The number of aromatic nitrogens is 2. The van der Waals surface area contributed by atoms with Crippen LogP contribution in [0.4, 0.5) is 0 Å². The Bertz CT molecular complexity index is 1810. The molecule has 5 aromatic carbocycles. The lowest BCUT2D eigenvalue weighted by Gasteiger charge is -2.09. The Balaban J connectivity index is 1.74. The van der Waals surface area contributed by atoms with Gasteiger partial charge >= 0.3 is 0 Å². The summed E-state index contributed by atoms with van der Waals surface area (Å²) in [5, 5.41) is 5.13. The molecule has 0 saturated heterocycles. The number of fused-ring (bicyclic) bond motifs is 7. The normalized spacial score (nSPS) is 11.8. The molecule has 0 N–H and O–H groups in total. The first kappa shape index (κ1) is 18.7. The molecule has 0 bridgehead atoms. The first-order valence-electron chi connectivity index (χ1n) is 11.1. The number of benzene rings is 5. The van der Waals surface area contributed by atoms with Crippen molar-refractivity contribution in [3.8, 4) is 11.4 Å². The number of rotatable bonds is 2. The zero-order valence-electron chi connectivity index (χ0n) is 17.7. The van der Waals surface area contributed by atoms with E-state index in [1.165, 1.54) is 55.0 Å². The Labute approximate surface area is 199 Å². The largest absolute Gasteiger partial charge is 0.309 e. The van der Waals surface area contributed by atoms with E-state index in [0.29, 0.717) is 0 Å². The fourth-order valence-electron chi connectivity index (χ4n) is 5.25. The maximum Gasteiger partial charge on any atom is 0.0552 e. The monoisotopic (exact) mass is 486 g/mol. The van der Waals surface area contributed by atoms with Gasteiger partial charge in [-0.2, -0.15) is 0 Å². The summed E-state index contributed by atoms with van der Waals surface area (Å²) in [7, 11) is 0. The molecule has 2 aromatic heterocycles. The average Bonchev–Trinajstić information content (AvgIpc) is 3.37. The minimum absolute atomic E-state index is 1.08. The maximum absolute atomic E-state index is 3.70.